The van der Waals surface area contributed by atoms with Crippen LogP contribution in [0.25, 0.3) is 0 Å². The van der Waals surface area contributed by atoms with Crippen molar-refractivity contribution in [3.63, 3.8) is 0 Å². The third kappa shape index (κ3) is 4.34. The largest absolute Gasteiger partial charge is 0.493 e. The van der Waals surface area contributed by atoms with Gasteiger partial charge in [-0.3, -0.25) is 4.79 Å². The van der Waals surface area contributed by atoms with E-state index in [1.807, 2.05) is 36.1 Å². The topological polar surface area (TPSA) is 38.8 Å². The maximum Gasteiger partial charge on any atom is 0.254 e. The number of hydrogen-bond donors (Lipinski definition) is 0. The van der Waals surface area contributed by atoms with Crippen molar-refractivity contribution in [2.45, 2.75) is 32.4 Å². The zero-order valence-electron chi connectivity index (χ0n) is 14.5. The van der Waals surface area contributed by atoms with Crippen LogP contribution in [0.5, 0.6) is 11.5 Å². The van der Waals surface area contributed by atoms with Crippen molar-refractivity contribution < 1.29 is 14.3 Å². The first-order chi connectivity index (χ1) is 12.1. The van der Waals surface area contributed by atoms with Crippen LogP contribution in [0.2, 0.25) is 0 Å². The van der Waals surface area contributed by atoms with Gasteiger partial charge in [0.05, 0.1) is 13.7 Å². The second-order valence-electron chi connectivity index (χ2n) is 6.09. The molecule has 1 fully saturated rings. The molecule has 0 atom stereocenters. The van der Waals surface area contributed by atoms with Gasteiger partial charge in [0, 0.05) is 22.6 Å². The zero-order valence-corrected chi connectivity index (χ0v) is 16.1. The molecule has 0 heterocycles. The molecular formula is C20H22BrNO3. The van der Waals surface area contributed by atoms with Gasteiger partial charge in [-0.1, -0.05) is 28.1 Å². The van der Waals surface area contributed by atoms with Crippen molar-refractivity contribution in [1.29, 1.82) is 0 Å². The lowest BCUT2D eigenvalue weighted by Gasteiger charge is -2.23. The third-order valence-corrected chi connectivity index (χ3v) is 4.69. The van der Waals surface area contributed by atoms with Crippen LogP contribution < -0.4 is 9.47 Å². The molecule has 1 aliphatic rings. The fourth-order valence-electron chi connectivity index (χ4n) is 2.83. The summed E-state index contributed by atoms with van der Waals surface area (Å²) >= 11 is 3.49. The van der Waals surface area contributed by atoms with Crippen LogP contribution >= 0.6 is 15.9 Å². The highest BCUT2D eigenvalue weighted by molar-refractivity contribution is 9.10. The Kier molecular flexibility index (Phi) is 5.63. The molecule has 25 heavy (non-hydrogen) atoms. The molecule has 0 bridgehead atoms. The number of ether oxygens (including phenoxy) is 2. The average Bonchev–Trinajstić information content (AvgIpc) is 3.45. The maximum atomic E-state index is 13.1. The van der Waals surface area contributed by atoms with Crippen LogP contribution in [0.4, 0.5) is 0 Å². The highest BCUT2D eigenvalue weighted by atomic mass is 79.9. The first kappa shape index (κ1) is 17.8. The van der Waals surface area contributed by atoms with E-state index in [2.05, 4.69) is 22.0 Å². The summed E-state index contributed by atoms with van der Waals surface area (Å²) in [5.41, 5.74) is 1.75. The van der Waals surface area contributed by atoms with E-state index in [1.165, 1.54) is 0 Å². The van der Waals surface area contributed by atoms with Crippen molar-refractivity contribution in [3.05, 3.63) is 58.1 Å². The van der Waals surface area contributed by atoms with Crippen LogP contribution in [-0.2, 0) is 6.54 Å². The molecule has 132 valence electrons. The van der Waals surface area contributed by atoms with Crippen molar-refractivity contribution >= 4 is 21.8 Å². The summed E-state index contributed by atoms with van der Waals surface area (Å²) in [5.74, 6) is 1.28. The molecular weight excluding hydrogens is 382 g/mol. The highest BCUT2D eigenvalue weighted by Gasteiger charge is 2.33. The number of halogens is 1. The molecule has 0 unspecified atom stereocenters. The Hall–Kier alpha value is -2.01. The highest BCUT2D eigenvalue weighted by Crippen LogP contribution is 2.33. The number of rotatable bonds is 7. The van der Waals surface area contributed by atoms with Gasteiger partial charge in [-0.25, -0.2) is 0 Å². The lowest BCUT2D eigenvalue weighted by atomic mass is 10.1. The van der Waals surface area contributed by atoms with Gasteiger partial charge in [-0.05, 0) is 55.7 Å². The number of carbonyl (C=O) groups is 1. The molecule has 3 rings (SSSR count). The predicted molar refractivity (Wildman–Crippen MR) is 101 cm³/mol. The minimum Gasteiger partial charge on any atom is -0.493 e. The maximum absolute atomic E-state index is 13.1. The molecule has 0 N–H and O–H groups in total. The molecule has 1 amide bonds. The Labute approximate surface area is 156 Å². The van der Waals surface area contributed by atoms with Crippen molar-refractivity contribution in [1.82, 2.24) is 4.90 Å². The third-order valence-electron chi connectivity index (χ3n) is 4.20. The van der Waals surface area contributed by atoms with Gasteiger partial charge in [-0.2, -0.15) is 0 Å². The van der Waals surface area contributed by atoms with Gasteiger partial charge >= 0.3 is 0 Å². The summed E-state index contributed by atoms with van der Waals surface area (Å²) < 4.78 is 11.9. The lowest BCUT2D eigenvalue weighted by Crippen LogP contribution is -2.32. The molecule has 0 radical (unpaired) electrons. The Morgan fingerprint density at radius 2 is 2.00 bits per heavy atom. The summed E-state index contributed by atoms with van der Waals surface area (Å²) in [5, 5.41) is 0. The van der Waals surface area contributed by atoms with Gasteiger partial charge in [-0.15, -0.1) is 0 Å². The first-order valence-electron chi connectivity index (χ1n) is 8.48. The van der Waals surface area contributed by atoms with Gasteiger partial charge in [0.25, 0.3) is 5.91 Å². The number of nitrogens with zero attached hydrogens (tertiary/aromatic N) is 1. The minimum absolute atomic E-state index is 0.0313. The van der Waals surface area contributed by atoms with Crippen molar-refractivity contribution in [2.75, 3.05) is 13.7 Å². The molecule has 4 nitrogen and oxygen atoms in total. The number of amides is 1. The summed E-state index contributed by atoms with van der Waals surface area (Å²) in [6, 6.07) is 13.8. The summed E-state index contributed by atoms with van der Waals surface area (Å²) in [6.07, 6.45) is 2.13. The molecule has 1 saturated carbocycles. The van der Waals surface area contributed by atoms with E-state index < -0.39 is 0 Å². The van der Waals surface area contributed by atoms with Crippen LogP contribution in [0, 0.1) is 0 Å². The van der Waals surface area contributed by atoms with E-state index >= 15 is 0 Å². The molecule has 2 aromatic rings. The Morgan fingerprint density at radius 1 is 1.20 bits per heavy atom. The van der Waals surface area contributed by atoms with Gasteiger partial charge in [0.15, 0.2) is 11.5 Å². The van der Waals surface area contributed by atoms with Crippen LogP contribution in [-0.4, -0.2) is 30.6 Å². The van der Waals surface area contributed by atoms with Gasteiger partial charge in [0.1, 0.15) is 0 Å². The quantitative estimate of drug-likeness (QED) is 0.674. The molecule has 1 aliphatic carbocycles. The molecule has 0 aromatic heterocycles. The van der Waals surface area contributed by atoms with E-state index in [9.17, 15) is 4.79 Å². The van der Waals surface area contributed by atoms with E-state index in [1.54, 1.807) is 19.2 Å². The number of benzene rings is 2. The van der Waals surface area contributed by atoms with Crippen LogP contribution in [0.15, 0.2) is 46.9 Å². The van der Waals surface area contributed by atoms with Gasteiger partial charge < -0.3 is 14.4 Å². The predicted octanol–water partition coefficient (Wildman–Crippen LogP) is 4.66. The normalized spacial score (nSPS) is 13.4. The lowest BCUT2D eigenvalue weighted by molar-refractivity contribution is 0.0729. The SMILES string of the molecule is CCOc1ccc(C(=O)N(Cc2cccc(Br)c2)C2CC2)cc1OC. The van der Waals surface area contributed by atoms with E-state index in [-0.39, 0.29) is 5.91 Å². The summed E-state index contributed by atoms with van der Waals surface area (Å²) in [6.45, 7) is 3.09. The second-order valence-corrected chi connectivity index (χ2v) is 7.01. The van der Waals surface area contributed by atoms with Crippen molar-refractivity contribution in [3.8, 4) is 11.5 Å². The molecule has 0 spiro atoms. The summed E-state index contributed by atoms with van der Waals surface area (Å²) in [7, 11) is 1.59. The van der Waals surface area contributed by atoms with Gasteiger partial charge in [0.2, 0.25) is 0 Å². The monoisotopic (exact) mass is 403 g/mol. The Bertz CT molecular complexity index is 758. The van der Waals surface area contributed by atoms with Crippen LogP contribution in [0.1, 0.15) is 35.7 Å². The fourth-order valence-corrected chi connectivity index (χ4v) is 3.27. The minimum atomic E-state index is 0.0313. The number of hydrogen-bond acceptors (Lipinski definition) is 3. The number of methoxy groups -OCH3 is 1. The second kappa shape index (κ2) is 7.91. The molecule has 5 heteroatoms. The van der Waals surface area contributed by atoms with Crippen molar-refractivity contribution in [2.24, 2.45) is 0 Å². The van der Waals surface area contributed by atoms with Crippen LogP contribution in [0.3, 0.4) is 0 Å². The first-order valence-corrected chi connectivity index (χ1v) is 9.28. The summed E-state index contributed by atoms with van der Waals surface area (Å²) in [4.78, 5) is 15.0. The Balaban J connectivity index is 1.83. The smallest absolute Gasteiger partial charge is 0.254 e. The van der Waals surface area contributed by atoms with E-state index in [0.29, 0.717) is 36.3 Å². The number of carbonyl (C=O) groups excluding carboxylic acids is 1. The van der Waals surface area contributed by atoms with E-state index in [4.69, 9.17) is 9.47 Å². The standard InChI is InChI=1S/C20H22BrNO3/c1-3-25-18-10-7-15(12-19(18)24-2)20(23)22(17-8-9-17)13-14-5-4-6-16(21)11-14/h4-7,10-12,17H,3,8-9,13H2,1-2H3. The zero-order chi connectivity index (χ0) is 17.8. The van der Waals surface area contributed by atoms with E-state index in [0.717, 1.165) is 22.9 Å². The molecule has 0 aliphatic heterocycles. The Morgan fingerprint density at radius 3 is 2.64 bits per heavy atom. The molecule has 0 saturated heterocycles. The fraction of sp³-hybridized carbons (Fsp3) is 0.350. The molecule has 2 aromatic carbocycles. The average molecular weight is 404 g/mol.